The molecule has 4 heteroatoms. The van der Waals surface area contributed by atoms with Gasteiger partial charge in [0.05, 0.1) is 10.1 Å². The van der Waals surface area contributed by atoms with E-state index >= 15 is 0 Å². The maximum absolute atomic E-state index is 11.4. The Morgan fingerprint density at radius 1 is 1.50 bits per heavy atom. The van der Waals surface area contributed by atoms with E-state index in [0.717, 1.165) is 14.6 Å². The molecule has 0 spiro atoms. The van der Waals surface area contributed by atoms with E-state index < -0.39 is 0 Å². The molecule has 0 amide bonds. The molecular formula is C8H6BrNOS. The number of hydrogen-bond donors (Lipinski definition) is 0. The molecule has 2 nitrogen and oxygen atoms in total. The lowest BCUT2D eigenvalue weighted by Crippen LogP contribution is -2.07. The van der Waals surface area contributed by atoms with Crippen LogP contribution in [0.25, 0.3) is 10.1 Å². The van der Waals surface area contributed by atoms with E-state index in [-0.39, 0.29) is 5.56 Å². The standard InChI is InChI=1S/C8H6BrNOS/c1-10-8(11)6-3-2-5(9)4-7(6)12-10/h2-4H,1H3. The average molecular weight is 244 g/mol. The van der Waals surface area contributed by atoms with Crippen LogP contribution in [0.15, 0.2) is 27.5 Å². The molecule has 0 aliphatic rings. The fourth-order valence-electron chi connectivity index (χ4n) is 1.11. The average Bonchev–Trinajstić information content (AvgIpc) is 2.28. The molecule has 1 aromatic carbocycles. The summed E-state index contributed by atoms with van der Waals surface area (Å²) >= 11 is 4.83. The summed E-state index contributed by atoms with van der Waals surface area (Å²) in [6, 6.07) is 5.69. The van der Waals surface area contributed by atoms with Gasteiger partial charge in [0.15, 0.2) is 0 Å². The Balaban J connectivity index is 2.97. The normalized spacial score (nSPS) is 10.8. The summed E-state index contributed by atoms with van der Waals surface area (Å²) in [6.45, 7) is 0. The molecule has 12 heavy (non-hydrogen) atoms. The Morgan fingerprint density at radius 2 is 2.25 bits per heavy atom. The van der Waals surface area contributed by atoms with E-state index in [0.29, 0.717) is 0 Å². The summed E-state index contributed by atoms with van der Waals surface area (Å²) in [4.78, 5) is 11.4. The van der Waals surface area contributed by atoms with Crippen LogP contribution in [-0.2, 0) is 7.05 Å². The van der Waals surface area contributed by atoms with Crippen LogP contribution in [0.3, 0.4) is 0 Å². The minimum Gasteiger partial charge on any atom is -0.268 e. The molecule has 0 bridgehead atoms. The maximum atomic E-state index is 11.4. The zero-order chi connectivity index (χ0) is 8.72. The third-order valence-electron chi connectivity index (χ3n) is 1.70. The van der Waals surface area contributed by atoms with Crippen LogP contribution in [0.2, 0.25) is 0 Å². The lowest BCUT2D eigenvalue weighted by Gasteiger charge is -1.86. The molecule has 62 valence electrons. The summed E-state index contributed by atoms with van der Waals surface area (Å²) in [6.07, 6.45) is 0. The summed E-state index contributed by atoms with van der Waals surface area (Å²) in [5, 5.41) is 0.797. The molecule has 0 fully saturated rings. The third-order valence-corrected chi connectivity index (χ3v) is 3.16. The monoisotopic (exact) mass is 243 g/mol. The second-order valence-corrected chi connectivity index (χ2v) is 4.62. The number of nitrogens with zero attached hydrogens (tertiary/aromatic N) is 1. The predicted molar refractivity (Wildman–Crippen MR) is 54.8 cm³/mol. The second-order valence-electron chi connectivity index (χ2n) is 2.53. The van der Waals surface area contributed by atoms with E-state index in [1.807, 2.05) is 18.2 Å². The van der Waals surface area contributed by atoms with Crippen molar-refractivity contribution >= 4 is 37.5 Å². The number of hydrogen-bond acceptors (Lipinski definition) is 2. The van der Waals surface area contributed by atoms with Gasteiger partial charge in [-0.05, 0) is 18.2 Å². The largest absolute Gasteiger partial charge is 0.268 e. The van der Waals surface area contributed by atoms with Gasteiger partial charge in [-0.25, -0.2) is 0 Å². The second kappa shape index (κ2) is 2.71. The summed E-state index contributed by atoms with van der Waals surface area (Å²) in [7, 11) is 1.78. The zero-order valence-electron chi connectivity index (χ0n) is 6.37. The quantitative estimate of drug-likeness (QED) is 0.697. The summed E-state index contributed by atoms with van der Waals surface area (Å²) < 4.78 is 3.67. The van der Waals surface area contributed by atoms with Crippen molar-refractivity contribution in [2.24, 2.45) is 7.05 Å². The summed E-state index contributed by atoms with van der Waals surface area (Å²) in [5.41, 5.74) is 0.0856. The van der Waals surface area contributed by atoms with Crippen LogP contribution in [0.5, 0.6) is 0 Å². The van der Waals surface area contributed by atoms with Crippen LogP contribution >= 0.6 is 27.5 Å². The fourth-order valence-corrected chi connectivity index (χ4v) is 2.53. The van der Waals surface area contributed by atoms with Gasteiger partial charge in [-0.3, -0.25) is 8.75 Å². The molecule has 1 heterocycles. The van der Waals surface area contributed by atoms with Gasteiger partial charge < -0.3 is 0 Å². The molecule has 1 aromatic heterocycles. The first-order valence-corrected chi connectivity index (χ1v) is 5.01. The molecule has 2 aromatic rings. The number of aryl methyl sites for hydroxylation is 1. The van der Waals surface area contributed by atoms with Crippen molar-refractivity contribution in [2.45, 2.75) is 0 Å². The highest BCUT2D eigenvalue weighted by molar-refractivity contribution is 9.10. The molecule has 0 radical (unpaired) electrons. The van der Waals surface area contributed by atoms with Crippen LogP contribution < -0.4 is 5.56 Å². The van der Waals surface area contributed by atoms with Crippen molar-refractivity contribution in [3.63, 3.8) is 0 Å². The molecule has 0 saturated carbocycles. The molecular weight excluding hydrogens is 238 g/mol. The van der Waals surface area contributed by atoms with E-state index in [4.69, 9.17) is 0 Å². The molecule has 0 aliphatic heterocycles. The molecule has 0 N–H and O–H groups in total. The first-order chi connectivity index (χ1) is 5.68. The van der Waals surface area contributed by atoms with Crippen molar-refractivity contribution in [1.29, 1.82) is 0 Å². The molecule has 0 atom stereocenters. The van der Waals surface area contributed by atoms with Gasteiger partial charge in [0.2, 0.25) is 0 Å². The number of benzene rings is 1. The Bertz CT molecular complexity index is 485. The van der Waals surface area contributed by atoms with Gasteiger partial charge in [-0.15, -0.1) is 0 Å². The third kappa shape index (κ3) is 1.11. The highest BCUT2D eigenvalue weighted by atomic mass is 79.9. The summed E-state index contributed by atoms with van der Waals surface area (Å²) in [5.74, 6) is 0. The Hall–Kier alpha value is -0.610. The van der Waals surface area contributed by atoms with Gasteiger partial charge in [0.1, 0.15) is 0 Å². The Kier molecular flexibility index (Phi) is 1.81. The van der Waals surface area contributed by atoms with Gasteiger partial charge in [0.25, 0.3) is 5.56 Å². The molecule has 0 aliphatic carbocycles. The number of rotatable bonds is 0. The highest BCUT2D eigenvalue weighted by Crippen LogP contribution is 2.20. The van der Waals surface area contributed by atoms with Gasteiger partial charge in [-0.2, -0.15) is 0 Å². The fraction of sp³-hybridized carbons (Fsp3) is 0.125. The lowest BCUT2D eigenvalue weighted by atomic mass is 10.3. The zero-order valence-corrected chi connectivity index (χ0v) is 8.78. The number of aromatic nitrogens is 1. The predicted octanol–water partition coefficient (Wildman–Crippen LogP) is 2.36. The van der Waals surface area contributed by atoms with Crippen molar-refractivity contribution < 1.29 is 0 Å². The van der Waals surface area contributed by atoms with Crippen LogP contribution in [0, 0.1) is 0 Å². The Morgan fingerprint density at radius 3 is 3.00 bits per heavy atom. The lowest BCUT2D eigenvalue weighted by molar-refractivity contribution is 0.989. The first kappa shape index (κ1) is 8.01. The maximum Gasteiger partial charge on any atom is 0.268 e. The molecule has 0 unspecified atom stereocenters. The van der Waals surface area contributed by atoms with E-state index in [9.17, 15) is 4.79 Å². The van der Waals surface area contributed by atoms with Crippen molar-refractivity contribution in [2.75, 3.05) is 0 Å². The molecule has 2 rings (SSSR count). The molecule has 0 saturated heterocycles. The number of halogens is 1. The van der Waals surface area contributed by atoms with E-state index in [1.54, 1.807) is 11.0 Å². The first-order valence-electron chi connectivity index (χ1n) is 3.44. The highest BCUT2D eigenvalue weighted by Gasteiger charge is 2.03. The topological polar surface area (TPSA) is 22.0 Å². The van der Waals surface area contributed by atoms with Crippen molar-refractivity contribution in [3.8, 4) is 0 Å². The van der Waals surface area contributed by atoms with Crippen LogP contribution in [-0.4, -0.2) is 3.96 Å². The Labute approximate surface area is 81.7 Å². The SMILES string of the molecule is Cn1sc2cc(Br)ccc2c1=O. The van der Waals surface area contributed by atoms with Crippen molar-refractivity contribution in [3.05, 3.63) is 33.0 Å². The van der Waals surface area contributed by atoms with Crippen molar-refractivity contribution in [1.82, 2.24) is 3.96 Å². The van der Waals surface area contributed by atoms with Gasteiger partial charge in [0, 0.05) is 11.5 Å². The minimum absolute atomic E-state index is 0.0856. The number of fused-ring (bicyclic) bond motifs is 1. The van der Waals surface area contributed by atoms with Crippen LogP contribution in [0.1, 0.15) is 0 Å². The van der Waals surface area contributed by atoms with E-state index in [1.165, 1.54) is 11.5 Å². The van der Waals surface area contributed by atoms with Crippen LogP contribution in [0.4, 0.5) is 0 Å². The minimum atomic E-state index is 0.0856. The van der Waals surface area contributed by atoms with E-state index in [2.05, 4.69) is 15.9 Å². The van der Waals surface area contributed by atoms with Gasteiger partial charge in [-0.1, -0.05) is 27.5 Å². The van der Waals surface area contributed by atoms with Gasteiger partial charge >= 0.3 is 0 Å². The smallest absolute Gasteiger partial charge is 0.268 e.